The Morgan fingerprint density at radius 1 is 1.44 bits per heavy atom. The molecule has 1 amide bonds. The molecule has 0 spiro atoms. The second kappa shape index (κ2) is 8.21. The van der Waals surface area contributed by atoms with E-state index in [1.54, 1.807) is 12.5 Å². The summed E-state index contributed by atoms with van der Waals surface area (Å²) in [5.74, 6) is -0.00774. The third-order valence-electron chi connectivity index (χ3n) is 2.50. The number of unbranched alkanes of at least 4 members (excludes halogenated alkanes) is 2. The van der Waals surface area contributed by atoms with Crippen LogP contribution in [0.4, 0.5) is 0 Å². The van der Waals surface area contributed by atoms with Gasteiger partial charge in [0, 0.05) is 36.9 Å². The normalized spacial score (nSPS) is 10.2. The van der Waals surface area contributed by atoms with E-state index in [-0.39, 0.29) is 17.4 Å². The van der Waals surface area contributed by atoms with Crippen LogP contribution in [0.25, 0.3) is 0 Å². The Labute approximate surface area is 105 Å². The van der Waals surface area contributed by atoms with Crippen molar-refractivity contribution >= 4 is 5.91 Å². The van der Waals surface area contributed by atoms with E-state index in [9.17, 15) is 14.9 Å². The van der Waals surface area contributed by atoms with Gasteiger partial charge in [-0.2, -0.15) is 0 Å². The van der Waals surface area contributed by atoms with Crippen molar-refractivity contribution in [3.05, 3.63) is 28.3 Å². The van der Waals surface area contributed by atoms with Crippen molar-refractivity contribution in [1.82, 2.24) is 15.3 Å². The molecule has 0 aliphatic rings. The molecule has 0 aromatic carbocycles. The Morgan fingerprint density at radius 2 is 2.28 bits per heavy atom. The SMILES string of the molecule is O=C(CCCCC[N+](=O)[O-])NCCc1c[nH]cn1. The minimum Gasteiger partial charge on any atom is -0.356 e. The monoisotopic (exact) mass is 254 g/mol. The summed E-state index contributed by atoms with van der Waals surface area (Å²) >= 11 is 0. The average molecular weight is 254 g/mol. The molecule has 0 unspecified atom stereocenters. The van der Waals surface area contributed by atoms with E-state index in [0.29, 0.717) is 38.6 Å². The number of H-pyrrole nitrogens is 1. The highest BCUT2D eigenvalue weighted by Gasteiger charge is 2.02. The number of amides is 1. The van der Waals surface area contributed by atoms with Gasteiger partial charge in [0.25, 0.3) is 0 Å². The number of aromatic amines is 1. The predicted molar refractivity (Wildman–Crippen MR) is 65.6 cm³/mol. The number of nitrogens with zero attached hydrogens (tertiary/aromatic N) is 2. The van der Waals surface area contributed by atoms with Gasteiger partial charge in [-0.3, -0.25) is 14.9 Å². The van der Waals surface area contributed by atoms with Gasteiger partial charge in [0.05, 0.1) is 12.0 Å². The van der Waals surface area contributed by atoms with Crippen molar-refractivity contribution in [3.8, 4) is 0 Å². The topological polar surface area (TPSA) is 101 Å². The van der Waals surface area contributed by atoms with Gasteiger partial charge in [0.1, 0.15) is 0 Å². The van der Waals surface area contributed by atoms with Gasteiger partial charge in [0.15, 0.2) is 0 Å². The van der Waals surface area contributed by atoms with Gasteiger partial charge in [0.2, 0.25) is 12.5 Å². The first-order valence-corrected chi connectivity index (χ1v) is 6.04. The summed E-state index contributed by atoms with van der Waals surface area (Å²) in [5, 5.41) is 12.9. The molecule has 100 valence electrons. The van der Waals surface area contributed by atoms with Crippen LogP contribution in [0, 0.1) is 10.1 Å². The molecule has 0 bridgehead atoms. The van der Waals surface area contributed by atoms with E-state index < -0.39 is 0 Å². The fourth-order valence-corrected chi connectivity index (χ4v) is 1.55. The Hall–Kier alpha value is -1.92. The maximum Gasteiger partial charge on any atom is 0.220 e. The Bertz CT molecular complexity index is 364. The van der Waals surface area contributed by atoms with Crippen molar-refractivity contribution in [2.75, 3.05) is 13.1 Å². The maximum absolute atomic E-state index is 11.4. The molecule has 1 rings (SSSR count). The summed E-state index contributed by atoms with van der Waals surface area (Å²) in [6.07, 6.45) is 6.48. The summed E-state index contributed by atoms with van der Waals surface area (Å²) in [6, 6.07) is 0. The molecule has 0 atom stereocenters. The number of rotatable bonds is 9. The molecule has 1 heterocycles. The van der Waals surface area contributed by atoms with Crippen LogP contribution in [-0.4, -0.2) is 33.9 Å². The van der Waals surface area contributed by atoms with Gasteiger partial charge in [-0.25, -0.2) is 4.98 Å². The van der Waals surface area contributed by atoms with Crippen LogP contribution < -0.4 is 5.32 Å². The molecule has 1 aromatic heterocycles. The lowest BCUT2D eigenvalue weighted by Crippen LogP contribution is -2.25. The fourth-order valence-electron chi connectivity index (χ4n) is 1.55. The van der Waals surface area contributed by atoms with Crippen molar-refractivity contribution in [3.63, 3.8) is 0 Å². The first-order chi connectivity index (χ1) is 8.68. The van der Waals surface area contributed by atoms with Gasteiger partial charge in [-0.05, 0) is 12.8 Å². The number of carbonyl (C=O) groups is 1. The van der Waals surface area contributed by atoms with E-state index in [4.69, 9.17) is 0 Å². The molecule has 1 aromatic rings. The third kappa shape index (κ3) is 6.62. The standard InChI is InChI=1S/C11H18N4O3/c16-11(4-2-1-3-7-15(17)18)13-6-5-10-8-12-9-14-10/h8-9H,1-7H2,(H,12,14)(H,13,16). The quantitative estimate of drug-likeness (QED) is 0.388. The lowest BCUT2D eigenvalue weighted by atomic mass is 10.2. The number of nitro groups is 1. The van der Waals surface area contributed by atoms with Crippen LogP contribution in [0.2, 0.25) is 0 Å². The second-order valence-electron chi connectivity index (χ2n) is 4.03. The van der Waals surface area contributed by atoms with Crippen LogP contribution in [0.1, 0.15) is 31.4 Å². The number of carbonyl (C=O) groups excluding carboxylic acids is 1. The molecule has 7 heteroatoms. The largest absolute Gasteiger partial charge is 0.356 e. The number of imidazole rings is 1. The molecule has 7 nitrogen and oxygen atoms in total. The van der Waals surface area contributed by atoms with Crippen molar-refractivity contribution < 1.29 is 9.72 Å². The lowest BCUT2D eigenvalue weighted by molar-refractivity contribution is -0.480. The summed E-state index contributed by atoms with van der Waals surface area (Å²) < 4.78 is 0. The van der Waals surface area contributed by atoms with Gasteiger partial charge < -0.3 is 10.3 Å². The third-order valence-corrected chi connectivity index (χ3v) is 2.50. The Morgan fingerprint density at radius 3 is 2.94 bits per heavy atom. The average Bonchev–Trinajstić information content (AvgIpc) is 2.81. The molecular formula is C11H18N4O3. The molecular weight excluding hydrogens is 236 g/mol. The van der Waals surface area contributed by atoms with E-state index in [1.165, 1.54) is 0 Å². The number of aromatic nitrogens is 2. The lowest BCUT2D eigenvalue weighted by Gasteiger charge is -2.03. The molecule has 0 fully saturated rings. The summed E-state index contributed by atoms with van der Waals surface area (Å²) in [5.41, 5.74) is 0.918. The molecule has 0 saturated carbocycles. The van der Waals surface area contributed by atoms with Gasteiger partial charge >= 0.3 is 0 Å². The fraction of sp³-hybridized carbons (Fsp3) is 0.636. The Balaban J connectivity index is 1.95. The van der Waals surface area contributed by atoms with Crippen LogP contribution in [0.5, 0.6) is 0 Å². The van der Waals surface area contributed by atoms with Gasteiger partial charge in [-0.1, -0.05) is 0 Å². The molecule has 0 aliphatic heterocycles. The molecule has 2 N–H and O–H groups in total. The molecule has 0 aliphatic carbocycles. The zero-order valence-electron chi connectivity index (χ0n) is 10.2. The smallest absolute Gasteiger partial charge is 0.220 e. The van der Waals surface area contributed by atoms with E-state index in [0.717, 1.165) is 5.69 Å². The summed E-state index contributed by atoms with van der Waals surface area (Å²) in [6.45, 7) is 0.555. The number of hydrogen-bond donors (Lipinski definition) is 2. The van der Waals surface area contributed by atoms with Crippen molar-refractivity contribution in [2.24, 2.45) is 0 Å². The van der Waals surface area contributed by atoms with Crippen molar-refractivity contribution in [2.45, 2.75) is 32.1 Å². The highest BCUT2D eigenvalue weighted by Crippen LogP contribution is 2.00. The predicted octanol–water partition coefficient (Wildman–Crippen LogP) is 0.905. The van der Waals surface area contributed by atoms with Gasteiger partial charge in [-0.15, -0.1) is 0 Å². The van der Waals surface area contributed by atoms with Crippen molar-refractivity contribution in [1.29, 1.82) is 0 Å². The van der Waals surface area contributed by atoms with E-state index in [2.05, 4.69) is 15.3 Å². The molecule has 18 heavy (non-hydrogen) atoms. The van der Waals surface area contributed by atoms with Crippen LogP contribution >= 0.6 is 0 Å². The zero-order valence-corrected chi connectivity index (χ0v) is 10.2. The van der Waals surface area contributed by atoms with Crippen LogP contribution in [0.3, 0.4) is 0 Å². The molecule has 0 saturated heterocycles. The van der Waals surface area contributed by atoms with E-state index >= 15 is 0 Å². The van der Waals surface area contributed by atoms with E-state index in [1.807, 2.05) is 0 Å². The zero-order chi connectivity index (χ0) is 13.2. The summed E-state index contributed by atoms with van der Waals surface area (Å²) in [4.78, 5) is 28.0. The minimum atomic E-state index is -0.329. The first-order valence-electron chi connectivity index (χ1n) is 6.04. The van der Waals surface area contributed by atoms with Crippen LogP contribution in [0.15, 0.2) is 12.5 Å². The maximum atomic E-state index is 11.4. The minimum absolute atomic E-state index is 0.00774. The molecule has 0 radical (unpaired) electrons. The first kappa shape index (κ1) is 14.1. The highest BCUT2D eigenvalue weighted by atomic mass is 16.6. The Kier molecular flexibility index (Phi) is 6.45. The second-order valence-corrected chi connectivity index (χ2v) is 4.03. The highest BCUT2D eigenvalue weighted by molar-refractivity contribution is 5.75. The number of nitrogens with one attached hydrogen (secondary N) is 2. The number of hydrogen-bond acceptors (Lipinski definition) is 4. The van der Waals surface area contributed by atoms with Crippen LogP contribution in [-0.2, 0) is 11.2 Å². The summed E-state index contributed by atoms with van der Waals surface area (Å²) in [7, 11) is 0.